The molecule has 0 radical (unpaired) electrons. The predicted octanol–water partition coefficient (Wildman–Crippen LogP) is -0.349. The number of allylic oxidation sites excluding steroid dienone is 1. The van der Waals surface area contributed by atoms with Gasteiger partial charge in [0.15, 0.2) is 0 Å². The molecule has 0 fully saturated rings. The van der Waals surface area contributed by atoms with Crippen LogP contribution < -0.4 is 11.5 Å². The lowest BCUT2D eigenvalue weighted by atomic mass is 10.3. The molecule has 0 saturated heterocycles. The number of carbonyl (C=O) groups is 1. The molecule has 0 rings (SSSR count). The number of carboxylic acid groups (broad SMARTS) is 1. The maximum Gasteiger partial charge on any atom is 0.303 e. The van der Waals surface area contributed by atoms with E-state index in [1.54, 1.807) is 12.2 Å². The van der Waals surface area contributed by atoms with Gasteiger partial charge in [-0.1, -0.05) is 12.2 Å². The van der Waals surface area contributed by atoms with Crippen LogP contribution in [0.15, 0.2) is 12.2 Å². The van der Waals surface area contributed by atoms with Gasteiger partial charge in [0.05, 0.1) is 6.17 Å². The van der Waals surface area contributed by atoms with Gasteiger partial charge >= 0.3 is 5.97 Å². The smallest absolute Gasteiger partial charge is 0.303 e. The maximum absolute atomic E-state index is 9.95. The quantitative estimate of drug-likeness (QED) is 0.371. The van der Waals surface area contributed by atoms with Gasteiger partial charge in [0, 0.05) is 6.42 Å². The molecule has 0 amide bonds. The van der Waals surface area contributed by atoms with E-state index in [0.29, 0.717) is 6.42 Å². The molecule has 10 heavy (non-hydrogen) atoms. The van der Waals surface area contributed by atoms with Crippen LogP contribution in [-0.4, -0.2) is 17.2 Å². The van der Waals surface area contributed by atoms with Crippen molar-refractivity contribution in [3.05, 3.63) is 12.2 Å². The monoisotopic (exact) mass is 144 g/mol. The van der Waals surface area contributed by atoms with Crippen molar-refractivity contribution in [2.75, 3.05) is 0 Å². The highest BCUT2D eigenvalue weighted by Gasteiger charge is 1.91. The average Bonchev–Trinajstić information content (AvgIpc) is 1.79. The summed E-state index contributed by atoms with van der Waals surface area (Å²) in [6, 6.07) is 0. The minimum atomic E-state index is -0.810. The lowest BCUT2D eigenvalue weighted by molar-refractivity contribution is -0.136. The van der Waals surface area contributed by atoms with E-state index in [1.807, 2.05) is 0 Å². The molecule has 0 bridgehead atoms. The van der Waals surface area contributed by atoms with Gasteiger partial charge in [-0.05, 0) is 6.42 Å². The van der Waals surface area contributed by atoms with Crippen molar-refractivity contribution >= 4 is 5.97 Å². The largest absolute Gasteiger partial charge is 0.481 e. The van der Waals surface area contributed by atoms with Crippen LogP contribution in [0, 0.1) is 0 Å². The second-order valence-corrected chi connectivity index (χ2v) is 1.94. The zero-order valence-corrected chi connectivity index (χ0v) is 5.66. The highest BCUT2D eigenvalue weighted by Crippen LogP contribution is 1.89. The van der Waals surface area contributed by atoms with Crippen molar-refractivity contribution in [2.45, 2.75) is 19.0 Å². The van der Waals surface area contributed by atoms with Crippen LogP contribution in [-0.2, 0) is 4.79 Å². The lowest BCUT2D eigenvalue weighted by Gasteiger charge is -1.93. The minimum Gasteiger partial charge on any atom is -0.481 e. The summed E-state index contributed by atoms with van der Waals surface area (Å²) < 4.78 is 0. The Hall–Kier alpha value is -0.870. The Labute approximate surface area is 59.5 Å². The fraction of sp³-hybridized carbons (Fsp3) is 0.500. The number of hydrogen-bond acceptors (Lipinski definition) is 3. The molecule has 0 saturated carbocycles. The zero-order chi connectivity index (χ0) is 7.98. The van der Waals surface area contributed by atoms with E-state index in [1.165, 1.54) is 0 Å². The highest BCUT2D eigenvalue weighted by molar-refractivity contribution is 5.66. The third kappa shape index (κ3) is 7.13. The molecule has 0 aliphatic heterocycles. The molecule has 0 aliphatic rings. The van der Waals surface area contributed by atoms with Gasteiger partial charge in [-0.15, -0.1) is 0 Å². The van der Waals surface area contributed by atoms with Crippen molar-refractivity contribution in [1.29, 1.82) is 0 Å². The summed E-state index contributed by atoms with van der Waals surface area (Å²) in [5, 5.41) is 8.18. The summed E-state index contributed by atoms with van der Waals surface area (Å²) in [5.41, 5.74) is 10.3. The maximum atomic E-state index is 9.95. The van der Waals surface area contributed by atoms with Gasteiger partial charge in [0.1, 0.15) is 0 Å². The first-order valence-corrected chi connectivity index (χ1v) is 3.02. The summed E-state index contributed by atoms with van der Waals surface area (Å²) >= 11 is 0. The van der Waals surface area contributed by atoms with E-state index in [-0.39, 0.29) is 6.42 Å². The van der Waals surface area contributed by atoms with Gasteiger partial charge < -0.3 is 16.6 Å². The fourth-order valence-electron chi connectivity index (χ4n) is 0.460. The van der Waals surface area contributed by atoms with Crippen LogP contribution in [0.2, 0.25) is 0 Å². The van der Waals surface area contributed by atoms with Gasteiger partial charge in [-0.25, -0.2) is 0 Å². The van der Waals surface area contributed by atoms with Crippen molar-refractivity contribution in [3.63, 3.8) is 0 Å². The second kappa shape index (κ2) is 4.96. The van der Waals surface area contributed by atoms with Crippen LogP contribution in [0.25, 0.3) is 0 Å². The molecular weight excluding hydrogens is 132 g/mol. The van der Waals surface area contributed by atoms with Crippen LogP contribution in [0.3, 0.4) is 0 Å². The summed E-state index contributed by atoms with van der Waals surface area (Å²) in [6.07, 6.45) is 3.37. The van der Waals surface area contributed by atoms with Crippen LogP contribution in [0.5, 0.6) is 0 Å². The van der Waals surface area contributed by atoms with Crippen molar-refractivity contribution in [2.24, 2.45) is 11.5 Å². The van der Waals surface area contributed by atoms with Crippen LogP contribution >= 0.6 is 0 Å². The Kier molecular flexibility index (Phi) is 4.53. The molecule has 58 valence electrons. The van der Waals surface area contributed by atoms with Gasteiger partial charge in [-0.2, -0.15) is 0 Å². The zero-order valence-electron chi connectivity index (χ0n) is 5.66. The number of nitrogens with two attached hydrogens (primary N) is 2. The first-order chi connectivity index (χ1) is 4.63. The summed E-state index contributed by atoms with van der Waals surface area (Å²) in [5.74, 6) is -0.810. The molecular formula is C6H12N2O2. The number of aliphatic carboxylic acids is 1. The molecule has 0 spiro atoms. The van der Waals surface area contributed by atoms with E-state index in [4.69, 9.17) is 16.6 Å². The summed E-state index contributed by atoms with van der Waals surface area (Å²) in [4.78, 5) is 9.95. The van der Waals surface area contributed by atoms with E-state index >= 15 is 0 Å². The molecule has 0 heterocycles. The Morgan fingerprint density at radius 1 is 1.60 bits per heavy atom. The third-order valence-corrected chi connectivity index (χ3v) is 0.883. The molecule has 0 aromatic carbocycles. The first kappa shape index (κ1) is 9.13. The highest BCUT2D eigenvalue weighted by atomic mass is 16.4. The van der Waals surface area contributed by atoms with E-state index in [2.05, 4.69) is 0 Å². The van der Waals surface area contributed by atoms with Crippen molar-refractivity contribution in [1.82, 2.24) is 0 Å². The standard InChI is InChI=1S/C6H12N2O2/c7-5(8)3-1-2-4-6(9)10/h1,3,5H,2,4,7-8H2,(H,9,10). The third-order valence-electron chi connectivity index (χ3n) is 0.883. The minimum absolute atomic E-state index is 0.128. The average molecular weight is 144 g/mol. The number of carboxylic acids is 1. The molecule has 5 N–H and O–H groups in total. The predicted molar refractivity (Wildman–Crippen MR) is 38.2 cm³/mol. The summed E-state index contributed by atoms with van der Waals surface area (Å²) in [7, 11) is 0. The first-order valence-electron chi connectivity index (χ1n) is 3.02. The SMILES string of the molecule is NC(N)C=CCCC(=O)O. The van der Waals surface area contributed by atoms with E-state index in [0.717, 1.165) is 0 Å². The van der Waals surface area contributed by atoms with E-state index in [9.17, 15) is 4.79 Å². The number of hydrogen-bond donors (Lipinski definition) is 3. The Morgan fingerprint density at radius 3 is 2.60 bits per heavy atom. The molecule has 0 unspecified atom stereocenters. The lowest BCUT2D eigenvalue weighted by Crippen LogP contribution is -2.27. The van der Waals surface area contributed by atoms with Gasteiger partial charge in [-0.3, -0.25) is 4.79 Å². The Balaban J connectivity index is 3.27. The molecule has 0 atom stereocenters. The normalized spacial score (nSPS) is 11.1. The van der Waals surface area contributed by atoms with Crippen molar-refractivity contribution < 1.29 is 9.90 Å². The number of rotatable bonds is 4. The molecule has 4 nitrogen and oxygen atoms in total. The van der Waals surface area contributed by atoms with Gasteiger partial charge in [0.2, 0.25) is 0 Å². The molecule has 0 aliphatic carbocycles. The topological polar surface area (TPSA) is 89.3 Å². The molecule has 4 heteroatoms. The Bertz CT molecular complexity index is 132. The molecule has 0 aromatic rings. The summed E-state index contributed by atoms with van der Waals surface area (Å²) in [6.45, 7) is 0. The van der Waals surface area contributed by atoms with E-state index < -0.39 is 12.1 Å². The van der Waals surface area contributed by atoms with Crippen LogP contribution in [0.4, 0.5) is 0 Å². The molecule has 0 aromatic heterocycles. The van der Waals surface area contributed by atoms with Crippen molar-refractivity contribution in [3.8, 4) is 0 Å². The Morgan fingerprint density at radius 2 is 2.20 bits per heavy atom. The second-order valence-electron chi connectivity index (χ2n) is 1.94. The van der Waals surface area contributed by atoms with Crippen LogP contribution in [0.1, 0.15) is 12.8 Å². The fourth-order valence-corrected chi connectivity index (χ4v) is 0.460. The van der Waals surface area contributed by atoms with Gasteiger partial charge in [0.25, 0.3) is 0 Å².